The van der Waals surface area contributed by atoms with Crippen molar-refractivity contribution in [2.75, 3.05) is 21.3 Å². The van der Waals surface area contributed by atoms with Gasteiger partial charge in [0.15, 0.2) is 0 Å². The summed E-state index contributed by atoms with van der Waals surface area (Å²) in [5.74, 6) is -0.170. The molecule has 0 spiro atoms. The van der Waals surface area contributed by atoms with E-state index >= 15 is 0 Å². The van der Waals surface area contributed by atoms with E-state index in [0.29, 0.717) is 92.1 Å². The Kier molecular flexibility index (Phi) is 38.3. The molecule has 12 rings (SSSR count). The molecule has 2 aliphatic rings. The van der Waals surface area contributed by atoms with Crippen molar-refractivity contribution in [2.45, 2.75) is 275 Å². The zero-order valence-electron chi connectivity index (χ0n) is 69.7. The third kappa shape index (κ3) is 35.1. The molecule has 2 fully saturated rings. The number of hydrogen-bond acceptors (Lipinski definition) is 32. The molecule has 0 saturated heterocycles. The van der Waals surface area contributed by atoms with Crippen LogP contribution >= 0.6 is 90.7 Å². The molecule has 8 heterocycles. The number of rotatable bonds is 40. The first-order chi connectivity index (χ1) is 57.4. The van der Waals surface area contributed by atoms with Gasteiger partial charge in [-0.2, -0.15) is 0 Å². The van der Waals surface area contributed by atoms with E-state index in [2.05, 4.69) is 124 Å². The number of Topliss-reactive ketones (excluding diaryl/α,β-unsaturated/α-hetero) is 4. The number of aromatic nitrogens is 16. The number of anilines is 4. The van der Waals surface area contributed by atoms with Crippen LogP contribution in [0.15, 0.2) is 36.4 Å². The van der Waals surface area contributed by atoms with E-state index in [1.807, 2.05) is 20.8 Å². The number of hydrogen-bond donors (Lipinski definition) is 4. The Balaban J connectivity index is 0.000000185. The molecule has 0 aliphatic heterocycles. The number of halogens is 2. The molecule has 2 aliphatic carbocycles. The Hall–Kier alpha value is -8.66. The third-order valence-electron chi connectivity index (χ3n) is 18.7. The average molecular weight is 1790 g/mol. The van der Waals surface area contributed by atoms with Crippen LogP contribution in [0.3, 0.4) is 0 Å². The Morgan fingerprint density at radius 2 is 0.667 bits per heavy atom. The van der Waals surface area contributed by atoms with E-state index in [1.165, 1.54) is 99.1 Å². The average Bonchev–Trinajstić information content (AvgIpc) is 1.82. The van der Waals surface area contributed by atoms with Gasteiger partial charge in [0.1, 0.15) is 94.9 Å². The molecule has 4 N–H and O–H groups in total. The fourth-order valence-corrected chi connectivity index (χ4v) is 19.8. The van der Waals surface area contributed by atoms with Crippen molar-refractivity contribution in [1.29, 1.82) is 0 Å². The molecule has 120 heavy (non-hydrogen) atoms. The number of nitrogens with zero attached hydrogens (tertiary/aromatic N) is 16. The van der Waals surface area contributed by atoms with Crippen LogP contribution in [0.2, 0.25) is 0 Å². The molecule has 0 bridgehead atoms. The van der Waals surface area contributed by atoms with Crippen LogP contribution in [0.1, 0.15) is 253 Å². The molecule has 0 unspecified atom stereocenters. The number of aryl methyl sites for hydroxylation is 10. The van der Waals surface area contributed by atoms with Gasteiger partial charge in [-0.3, -0.25) is 38.4 Å². The van der Waals surface area contributed by atoms with Crippen molar-refractivity contribution in [1.82, 2.24) is 81.6 Å². The Labute approximate surface area is 730 Å². The molecule has 38 heteroatoms. The highest BCUT2D eigenvalue weighted by Crippen LogP contribution is 2.31. The van der Waals surface area contributed by atoms with Gasteiger partial charge in [-0.1, -0.05) is 149 Å². The predicted molar refractivity (Wildman–Crippen MR) is 468 cm³/mol. The zero-order chi connectivity index (χ0) is 86.1. The van der Waals surface area contributed by atoms with Crippen LogP contribution in [-0.4, -0.2) is 128 Å². The number of amides is 4. The van der Waals surface area contributed by atoms with Crippen LogP contribution in [-0.2, 0) is 128 Å². The lowest BCUT2D eigenvalue weighted by Crippen LogP contribution is -2.20. The topological polar surface area (TPSA) is 391 Å². The molecule has 644 valence electrons. The summed E-state index contributed by atoms with van der Waals surface area (Å²) in [6.45, 7) is 18.6. The largest absolute Gasteiger partial charge is 0.301 e. The van der Waals surface area contributed by atoms with E-state index in [9.17, 15) is 47.1 Å². The lowest BCUT2D eigenvalue weighted by molar-refractivity contribution is -0.122. The maximum Gasteiger partial charge on any atom is 0.230 e. The normalized spacial score (nSPS) is 12.9. The van der Waals surface area contributed by atoms with E-state index in [4.69, 9.17) is 0 Å². The van der Waals surface area contributed by atoms with Crippen molar-refractivity contribution >= 4 is 158 Å². The van der Waals surface area contributed by atoms with Crippen molar-refractivity contribution in [3.05, 3.63) is 130 Å². The molecule has 0 atom stereocenters. The SMILES string of the molecule is CC(=O)Cc1nnc(CCCCc2nnc(NC(C)=O)s2)s1.CC(C)(C)CC(=O)Cc1nnc(CCCCc2nnc(NC(=O)CC(C)(C)C)s2)s1.Cc1cccc(CC(=O)Cc2nnc(CCCCc3nnc(NC(=O)Cc4cccc(C)c4F)s3)s2)c1F.O=C(Cc1nnc(CCCCc2nnc(NC(=O)C3CCCC3)s2)s1)C1CCCC1. The van der Waals surface area contributed by atoms with Crippen molar-refractivity contribution in [2.24, 2.45) is 22.7 Å². The van der Waals surface area contributed by atoms with Gasteiger partial charge < -0.3 is 21.3 Å². The second-order valence-electron chi connectivity index (χ2n) is 32.3. The van der Waals surface area contributed by atoms with Crippen molar-refractivity contribution in [3.63, 3.8) is 0 Å². The number of benzene rings is 2. The van der Waals surface area contributed by atoms with Gasteiger partial charge in [-0.05, 0) is 131 Å². The number of unbranched alkanes of at least 4 members (excludes halogenated alkanes) is 4. The Bertz CT molecular complexity index is 4680. The van der Waals surface area contributed by atoms with Gasteiger partial charge in [0.25, 0.3) is 0 Å². The van der Waals surface area contributed by atoms with Gasteiger partial charge in [0.2, 0.25) is 44.2 Å². The van der Waals surface area contributed by atoms with Crippen LogP contribution in [0.4, 0.5) is 29.3 Å². The standard InChI is InChI=1S/C27H27F2N5O2S2.C21H29N5O2S2.C21H33N5O2S2.C13H17N5O2S2/c1-16-7-5-9-18(25(16)28)13-20(35)15-24-33-31-22(37-24)11-3-4-12-23-32-34-27(38-23)30-21(36)14-19-10-6-8-17(2)26(19)29;27-16(14-7-1-2-8-14)13-19-25-23-17(29-19)11-5-6-12-18-24-26-21(30-18)22-20(28)15-9-3-4-10-15;1-20(2,3)12-14(27)11-18-25-23-16(29-18)9-7-8-10-17-24-26-19(30-17)22-15(28)13-21(4,5)6;1-8(19)7-12-17-15-10(21-12)5-3-4-6-11-16-18-13(22-11)14-9(2)20/h5-10H,3-4,11-15H2,1-2H3,(H,30,34,36);14-15H,1-13H2,(H,22,26,28);7-13H2,1-6H3,(H,22,26,28);3-7H2,1-2H3,(H,14,18,20). The molecule has 0 radical (unpaired) electrons. The number of carbonyl (C=O) groups is 8. The maximum atomic E-state index is 14.1. The summed E-state index contributed by atoms with van der Waals surface area (Å²) in [5, 5.41) is 89.5. The smallest absolute Gasteiger partial charge is 0.230 e. The summed E-state index contributed by atoms with van der Waals surface area (Å²) < 4.78 is 28.3. The number of nitrogens with one attached hydrogen (secondary N) is 4. The molecule has 8 aromatic heterocycles. The Morgan fingerprint density at radius 3 is 1.05 bits per heavy atom. The zero-order valence-corrected chi connectivity index (χ0v) is 76.2. The van der Waals surface area contributed by atoms with Gasteiger partial charge >= 0.3 is 0 Å². The van der Waals surface area contributed by atoms with E-state index in [0.717, 1.165) is 190 Å². The quantitative estimate of drug-likeness (QED) is 0.0259. The van der Waals surface area contributed by atoms with Gasteiger partial charge in [-0.25, -0.2) is 8.78 Å². The fourth-order valence-electron chi connectivity index (χ4n) is 12.9. The highest BCUT2D eigenvalue weighted by molar-refractivity contribution is 7.16. The van der Waals surface area contributed by atoms with Crippen LogP contribution in [0.25, 0.3) is 0 Å². The van der Waals surface area contributed by atoms with Crippen molar-refractivity contribution < 1.29 is 47.1 Å². The lowest BCUT2D eigenvalue weighted by Gasteiger charge is -2.16. The monoisotopic (exact) mass is 1790 g/mol. The third-order valence-corrected chi connectivity index (χ3v) is 26.2. The minimum absolute atomic E-state index is 0.00451. The molecule has 2 saturated carbocycles. The summed E-state index contributed by atoms with van der Waals surface area (Å²) in [6.07, 6.45) is 25.1. The second kappa shape index (κ2) is 48.3. The first kappa shape index (κ1) is 95.2. The highest BCUT2D eigenvalue weighted by atomic mass is 32.1. The summed E-state index contributed by atoms with van der Waals surface area (Å²) in [4.78, 5) is 95.1. The maximum absolute atomic E-state index is 14.1. The van der Waals surface area contributed by atoms with Gasteiger partial charge in [-0.15, -0.1) is 127 Å². The molecule has 10 aromatic rings. The lowest BCUT2D eigenvalue weighted by atomic mass is 9.89. The van der Waals surface area contributed by atoms with Crippen molar-refractivity contribution in [3.8, 4) is 0 Å². The first-order valence-electron chi connectivity index (χ1n) is 40.6. The molecular formula is C82H106F2N20O8S8. The van der Waals surface area contributed by atoms with Gasteiger partial charge in [0, 0.05) is 89.4 Å². The van der Waals surface area contributed by atoms with Crippen LogP contribution in [0.5, 0.6) is 0 Å². The fraction of sp³-hybridized carbons (Fsp3) is 0.561. The molecule has 2 aromatic carbocycles. The van der Waals surface area contributed by atoms with E-state index in [1.54, 1.807) is 68.5 Å². The summed E-state index contributed by atoms with van der Waals surface area (Å²) in [7, 11) is 0. The Morgan fingerprint density at radius 1 is 0.350 bits per heavy atom. The predicted octanol–water partition coefficient (Wildman–Crippen LogP) is 16.7. The summed E-state index contributed by atoms with van der Waals surface area (Å²) in [5.41, 5.74) is 1.72. The minimum Gasteiger partial charge on any atom is -0.301 e. The molecule has 28 nitrogen and oxygen atoms in total. The summed E-state index contributed by atoms with van der Waals surface area (Å²) >= 11 is 11.6. The highest BCUT2D eigenvalue weighted by Gasteiger charge is 2.27. The van der Waals surface area contributed by atoms with Gasteiger partial charge in [0.05, 0.1) is 32.1 Å². The molecular weight excluding hydrogens is 1690 g/mol. The van der Waals surface area contributed by atoms with E-state index in [-0.39, 0.29) is 94.5 Å². The minimum atomic E-state index is -0.368. The number of ketones is 4. The van der Waals surface area contributed by atoms with E-state index < -0.39 is 0 Å². The van der Waals surface area contributed by atoms with Crippen LogP contribution in [0, 0.1) is 48.1 Å². The van der Waals surface area contributed by atoms with Crippen LogP contribution < -0.4 is 21.3 Å². The number of carbonyl (C=O) groups excluding carboxylic acids is 8. The second-order valence-corrected chi connectivity index (χ2v) is 41.1. The molecule has 4 amide bonds. The first-order valence-corrected chi connectivity index (χ1v) is 47.2. The summed E-state index contributed by atoms with van der Waals surface area (Å²) in [6, 6.07) is 10.0.